The molecule has 0 aliphatic heterocycles. The van der Waals surface area contributed by atoms with Gasteiger partial charge >= 0.3 is 0 Å². The second kappa shape index (κ2) is 3.76. The van der Waals surface area contributed by atoms with E-state index in [0.717, 1.165) is 29.6 Å². The van der Waals surface area contributed by atoms with Crippen LogP contribution in [0.5, 0.6) is 0 Å². The first kappa shape index (κ1) is 11.3. The van der Waals surface area contributed by atoms with Crippen LogP contribution in [0.3, 0.4) is 0 Å². The topological polar surface area (TPSA) is 0 Å². The summed E-state index contributed by atoms with van der Waals surface area (Å²) in [6.45, 7) is 4.38. The number of hydrogen-bond donors (Lipinski definition) is 0. The third kappa shape index (κ3) is 1.45. The van der Waals surface area contributed by atoms with Crippen LogP contribution in [-0.2, 0) is 0 Å². The van der Waals surface area contributed by atoms with Gasteiger partial charge in [0, 0.05) is 0 Å². The Morgan fingerprint density at radius 3 is 2.44 bits per heavy atom. The van der Waals surface area contributed by atoms with E-state index in [2.05, 4.69) is 32.0 Å². The highest BCUT2D eigenvalue weighted by atomic mass is 35.5. The standard InChI is InChI=1S/C17H21Cl/c1-9-3-4-10(2)13(7-9)17(18)16-14-11-5-6-12(8-11)15(14)16/h3-4,7,11-12,14-17H,5-6,8H2,1-2H3. The summed E-state index contributed by atoms with van der Waals surface area (Å²) in [5, 5.41) is 0.267. The van der Waals surface area contributed by atoms with Gasteiger partial charge in [-0.15, -0.1) is 11.6 Å². The maximum Gasteiger partial charge on any atom is 0.0621 e. The number of rotatable bonds is 2. The molecule has 5 unspecified atom stereocenters. The maximum absolute atomic E-state index is 6.84. The molecule has 1 heteroatoms. The second-order valence-corrected chi connectivity index (χ2v) is 7.30. The molecular weight excluding hydrogens is 240 g/mol. The molecule has 0 N–H and O–H groups in total. The first-order valence-electron chi connectivity index (χ1n) is 7.38. The van der Waals surface area contributed by atoms with Crippen molar-refractivity contribution in [2.24, 2.45) is 29.6 Å². The van der Waals surface area contributed by atoms with E-state index in [-0.39, 0.29) is 5.38 Å². The molecule has 18 heavy (non-hydrogen) atoms. The van der Waals surface area contributed by atoms with E-state index in [1.807, 2.05) is 0 Å². The Kier molecular flexibility index (Phi) is 2.37. The van der Waals surface area contributed by atoms with Crippen LogP contribution in [-0.4, -0.2) is 0 Å². The van der Waals surface area contributed by atoms with Crippen molar-refractivity contribution in [3.8, 4) is 0 Å². The van der Waals surface area contributed by atoms with Crippen molar-refractivity contribution in [3.05, 3.63) is 34.9 Å². The molecule has 0 aromatic heterocycles. The van der Waals surface area contributed by atoms with E-state index in [1.54, 1.807) is 0 Å². The van der Waals surface area contributed by atoms with Crippen LogP contribution in [0.15, 0.2) is 18.2 Å². The molecule has 96 valence electrons. The van der Waals surface area contributed by atoms with Crippen molar-refractivity contribution >= 4 is 11.6 Å². The minimum Gasteiger partial charge on any atom is -0.117 e. The molecule has 1 aromatic rings. The summed E-state index contributed by atoms with van der Waals surface area (Å²) in [6, 6.07) is 6.73. The predicted octanol–water partition coefficient (Wildman–Crippen LogP) is 4.88. The Morgan fingerprint density at radius 2 is 1.78 bits per heavy atom. The number of halogens is 1. The summed E-state index contributed by atoms with van der Waals surface area (Å²) in [4.78, 5) is 0. The summed E-state index contributed by atoms with van der Waals surface area (Å²) < 4.78 is 0. The fourth-order valence-electron chi connectivity index (χ4n) is 5.05. The third-order valence-electron chi connectivity index (χ3n) is 5.86. The fraction of sp³-hybridized carbons (Fsp3) is 0.647. The van der Waals surface area contributed by atoms with E-state index in [9.17, 15) is 0 Å². The van der Waals surface area contributed by atoms with Crippen molar-refractivity contribution in [1.82, 2.24) is 0 Å². The molecule has 0 spiro atoms. The van der Waals surface area contributed by atoms with Crippen LogP contribution in [0.25, 0.3) is 0 Å². The smallest absolute Gasteiger partial charge is 0.0621 e. The van der Waals surface area contributed by atoms with Gasteiger partial charge in [0.25, 0.3) is 0 Å². The van der Waals surface area contributed by atoms with Gasteiger partial charge in [-0.1, -0.05) is 23.8 Å². The minimum absolute atomic E-state index is 0.267. The molecule has 3 aliphatic rings. The first-order chi connectivity index (χ1) is 8.66. The molecular formula is C17H21Cl. The van der Waals surface area contributed by atoms with Gasteiger partial charge in [0.1, 0.15) is 0 Å². The van der Waals surface area contributed by atoms with Crippen LogP contribution >= 0.6 is 11.6 Å². The largest absolute Gasteiger partial charge is 0.117 e. The molecule has 3 fully saturated rings. The van der Waals surface area contributed by atoms with Crippen LogP contribution in [0.4, 0.5) is 0 Å². The highest BCUT2D eigenvalue weighted by Crippen LogP contribution is 2.73. The normalized spacial score (nSPS) is 41.8. The van der Waals surface area contributed by atoms with Crippen molar-refractivity contribution in [2.75, 3.05) is 0 Å². The predicted molar refractivity (Wildman–Crippen MR) is 75.8 cm³/mol. The Bertz CT molecular complexity index is 476. The zero-order valence-electron chi connectivity index (χ0n) is 11.2. The molecule has 0 saturated heterocycles. The summed E-state index contributed by atoms with van der Waals surface area (Å²) >= 11 is 6.84. The van der Waals surface area contributed by atoms with E-state index in [0.29, 0.717) is 0 Å². The Hall–Kier alpha value is -0.490. The van der Waals surface area contributed by atoms with Crippen molar-refractivity contribution < 1.29 is 0 Å². The Labute approximate surface area is 115 Å². The van der Waals surface area contributed by atoms with Crippen LogP contribution in [0.2, 0.25) is 0 Å². The summed E-state index contributed by atoms with van der Waals surface area (Å²) in [5.74, 6) is 4.79. The van der Waals surface area contributed by atoms with Gasteiger partial charge in [-0.3, -0.25) is 0 Å². The van der Waals surface area contributed by atoms with Crippen LogP contribution in [0, 0.1) is 43.4 Å². The van der Waals surface area contributed by atoms with Crippen LogP contribution in [0.1, 0.15) is 41.3 Å². The highest BCUT2D eigenvalue weighted by molar-refractivity contribution is 6.21. The number of aryl methyl sites for hydroxylation is 2. The van der Waals surface area contributed by atoms with Gasteiger partial charge in [-0.05, 0) is 73.8 Å². The number of hydrogen-bond acceptors (Lipinski definition) is 0. The van der Waals surface area contributed by atoms with E-state index in [4.69, 9.17) is 11.6 Å². The third-order valence-corrected chi connectivity index (χ3v) is 6.39. The van der Waals surface area contributed by atoms with Crippen molar-refractivity contribution in [1.29, 1.82) is 0 Å². The second-order valence-electron chi connectivity index (χ2n) is 6.83. The van der Waals surface area contributed by atoms with Crippen molar-refractivity contribution in [3.63, 3.8) is 0 Å². The Morgan fingerprint density at radius 1 is 1.11 bits per heavy atom. The zero-order valence-corrected chi connectivity index (χ0v) is 12.0. The van der Waals surface area contributed by atoms with Gasteiger partial charge in [-0.25, -0.2) is 0 Å². The molecule has 1 aromatic carbocycles. The average Bonchev–Trinajstić information content (AvgIpc) is 2.79. The monoisotopic (exact) mass is 260 g/mol. The molecule has 3 saturated carbocycles. The number of benzene rings is 1. The molecule has 2 bridgehead atoms. The summed E-state index contributed by atoms with van der Waals surface area (Å²) in [7, 11) is 0. The molecule has 5 atom stereocenters. The minimum atomic E-state index is 0.267. The maximum atomic E-state index is 6.84. The number of fused-ring (bicyclic) bond motifs is 5. The quantitative estimate of drug-likeness (QED) is 0.665. The average molecular weight is 261 g/mol. The van der Waals surface area contributed by atoms with Gasteiger partial charge in [0.15, 0.2) is 0 Å². The van der Waals surface area contributed by atoms with E-state index >= 15 is 0 Å². The lowest BCUT2D eigenvalue weighted by Crippen LogP contribution is -2.05. The molecule has 0 nitrogen and oxygen atoms in total. The van der Waals surface area contributed by atoms with Crippen LogP contribution < -0.4 is 0 Å². The highest BCUT2D eigenvalue weighted by Gasteiger charge is 2.66. The lowest BCUT2D eigenvalue weighted by molar-refractivity contribution is 0.454. The number of alkyl halides is 1. The lowest BCUT2D eigenvalue weighted by atomic mass is 9.94. The van der Waals surface area contributed by atoms with E-state index in [1.165, 1.54) is 36.0 Å². The van der Waals surface area contributed by atoms with Gasteiger partial charge in [0.2, 0.25) is 0 Å². The Balaban J connectivity index is 1.61. The fourth-order valence-corrected chi connectivity index (χ4v) is 5.62. The summed E-state index contributed by atoms with van der Waals surface area (Å²) in [5.41, 5.74) is 4.11. The first-order valence-corrected chi connectivity index (χ1v) is 7.81. The van der Waals surface area contributed by atoms with Gasteiger partial charge in [-0.2, -0.15) is 0 Å². The van der Waals surface area contributed by atoms with Gasteiger partial charge in [0.05, 0.1) is 5.38 Å². The molecule has 0 amide bonds. The zero-order chi connectivity index (χ0) is 12.4. The van der Waals surface area contributed by atoms with Crippen molar-refractivity contribution in [2.45, 2.75) is 38.5 Å². The van der Waals surface area contributed by atoms with E-state index < -0.39 is 0 Å². The molecule has 3 aliphatic carbocycles. The molecule has 0 heterocycles. The molecule has 4 rings (SSSR count). The van der Waals surface area contributed by atoms with Gasteiger partial charge < -0.3 is 0 Å². The summed E-state index contributed by atoms with van der Waals surface area (Å²) in [6.07, 6.45) is 4.49. The molecule has 0 radical (unpaired) electrons. The SMILES string of the molecule is Cc1ccc(C)c(C(Cl)C2C3C4CCC(C4)C32)c1. The lowest BCUT2D eigenvalue weighted by Gasteiger charge is -2.17.